The molecule has 2 aliphatic carbocycles. The molecule has 2 aromatic carbocycles. The zero-order valence-corrected chi connectivity index (χ0v) is 42.2. The molecule has 2 aromatic heterocycles. The number of amides is 4. The van der Waals surface area contributed by atoms with Crippen LogP contribution in [0.1, 0.15) is 70.7 Å². The van der Waals surface area contributed by atoms with Gasteiger partial charge in [-0.05, 0) is 108 Å². The molecule has 6 fully saturated rings. The topological polar surface area (TPSA) is 228 Å². The number of hydrogen-bond acceptors (Lipinski definition) is 16. The van der Waals surface area contributed by atoms with E-state index in [4.69, 9.17) is 38.9 Å². The van der Waals surface area contributed by atoms with Crippen LogP contribution < -0.4 is 25.4 Å². The highest BCUT2D eigenvalue weighted by atomic mass is 32.2. The van der Waals surface area contributed by atoms with Gasteiger partial charge in [-0.1, -0.05) is 0 Å². The van der Waals surface area contributed by atoms with Gasteiger partial charge in [0.1, 0.15) is 21.1 Å². The van der Waals surface area contributed by atoms with Gasteiger partial charge in [-0.25, -0.2) is 51.4 Å². The summed E-state index contributed by atoms with van der Waals surface area (Å²) < 4.78 is 76.7. The Kier molecular flexibility index (Phi) is 13.5. The van der Waals surface area contributed by atoms with Crippen molar-refractivity contribution in [3.8, 4) is 22.8 Å². The minimum Gasteiger partial charge on any atom is -0.380 e. The van der Waals surface area contributed by atoms with Gasteiger partial charge in [-0.2, -0.15) is 5.01 Å². The quantitative estimate of drug-likeness (QED) is 0.167. The van der Waals surface area contributed by atoms with Crippen LogP contribution in [0.25, 0.3) is 22.8 Å². The van der Waals surface area contributed by atoms with Gasteiger partial charge >= 0.3 is 12.1 Å². The van der Waals surface area contributed by atoms with Crippen LogP contribution in [-0.2, 0) is 48.1 Å². The van der Waals surface area contributed by atoms with E-state index >= 15 is 0 Å². The molecule has 4 aliphatic heterocycles. The summed E-state index contributed by atoms with van der Waals surface area (Å²) in [5, 5.41) is 6.92. The number of hydrogen-bond donors (Lipinski definition) is 2. The predicted octanol–water partition coefficient (Wildman–Crippen LogP) is 5.05. The van der Waals surface area contributed by atoms with Gasteiger partial charge in [-0.15, -0.1) is 0 Å². The van der Waals surface area contributed by atoms with Crippen LogP contribution in [0.15, 0.2) is 60.7 Å². The predicted molar refractivity (Wildman–Crippen MR) is 267 cm³/mol. The number of sulfone groups is 2. The maximum absolute atomic E-state index is 14.2. The van der Waals surface area contributed by atoms with Gasteiger partial charge < -0.3 is 39.4 Å². The molecule has 71 heavy (non-hydrogen) atoms. The van der Waals surface area contributed by atoms with Crippen LogP contribution in [0.3, 0.4) is 0 Å². The Balaban J connectivity index is 0.908. The Hall–Kier alpha value is -5.52. The highest BCUT2D eigenvalue weighted by Gasteiger charge is 2.61. The number of rotatable bonds is 13. The zero-order chi connectivity index (χ0) is 49.7. The first-order valence-electron chi connectivity index (χ1n) is 24.6. The number of benzene rings is 2. The van der Waals surface area contributed by atoms with E-state index in [1.807, 2.05) is 26.0 Å². The lowest BCUT2D eigenvalue weighted by Crippen LogP contribution is -2.54. The number of carbonyl (C=O) groups is 2. The standard InChI is InChI=1S/C49H62N10O10S2/c1-5-58(47(61)51-36-10-6-34(7-11-36)44-52-40(26-42(54-44)56-20-24-68-28-32(56)2)48(16-17-48)70(62,63)38-14-22-66-30-38)59(46(60)50-4)37-12-8-35(9-13-37)45-53-41(27-43(55-45)57-21-25-69-29-33(57)3)49(18-19-49)71(64,65)39-15-23-67-31-39/h6-13,26-27,32-33,38-39H,5,14-25,28-31H2,1-4H3,(H,50,60)(H,51,61)/t32-,33-,38?,39?/m0/s1. The third-order valence-corrected chi connectivity index (χ3v) is 20.7. The van der Waals surface area contributed by atoms with Gasteiger partial charge in [0, 0.05) is 68.8 Å². The lowest BCUT2D eigenvalue weighted by molar-refractivity contribution is 0.0985. The number of hydrazine groups is 1. The molecule has 4 aromatic rings. The summed E-state index contributed by atoms with van der Waals surface area (Å²) in [6.45, 7) is 10.3. The minimum absolute atomic E-state index is 0.00360. The van der Waals surface area contributed by atoms with Crippen molar-refractivity contribution >= 4 is 54.7 Å². The molecule has 2 saturated carbocycles. The van der Waals surface area contributed by atoms with E-state index in [9.17, 15) is 26.4 Å². The van der Waals surface area contributed by atoms with E-state index in [0.29, 0.717) is 148 Å². The minimum atomic E-state index is -3.63. The molecule has 0 bridgehead atoms. The SMILES string of the molecule is CCN(C(=O)Nc1ccc(-c2nc(N3CCOC[C@@H]3C)cc(C3(S(=O)(=O)C4CCOC4)CC3)n2)cc1)N(C(=O)NC)c1ccc(-c2nc(N3CCOC[C@@H]3C)cc(C3(S(=O)(=O)C4CCOC4)CC3)n2)cc1. The summed E-state index contributed by atoms with van der Waals surface area (Å²) in [5.41, 5.74) is 2.97. The van der Waals surface area contributed by atoms with Crippen LogP contribution in [0.5, 0.6) is 0 Å². The van der Waals surface area contributed by atoms with Gasteiger partial charge in [-0.3, -0.25) is 0 Å². The number of urea groups is 2. The summed E-state index contributed by atoms with van der Waals surface area (Å²) in [6.07, 6.45) is 2.78. The molecule has 6 aliphatic rings. The fourth-order valence-corrected chi connectivity index (χ4v) is 15.0. The average Bonchev–Trinajstić information content (AvgIpc) is 4.25. The van der Waals surface area contributed by atoms with Crippen LogP contribution >= 0.6 is 0 Å². The van der Waals surface area contributed by atoms with Gasteiger partial charge in [0.2, 0.25) is 0 Å². The summed E-state index contributed by atoms with van der Waals surface area (Å²) in [7, 11) is -5.77. The van der Waals surface area contributed by atoms with Crippen molar-refractivity contribution in [1.82, 2.24) is 30.3 Å². The lowest BCUT2D eigenvalue weighted by Gasteiger charge is -2.35. The fourth-order valence-electron chi connectivity index (χ4n) is 10.3. The van der Waals surface area contributed by atoms with Crippen molar-refractivity contribution < 1.29 is 45.4 Å². The summed E-state index contributed by atoms with van der Waals surface area (Å²) in [6, 6.07) is 16.4. The van der Waals surface area contributed by atoms with Crippen molar-refractivity contribution in [3.63, 3.8) is 0 Å². The number of anilines is 4. The van der Waals surface area contributed by atoms with E-state index in [2.05, 4.69) is 20.4 Å². The highest BCUT2D eigenvalue weighted by molar-refractivity contribution is 7.93. The van der Waals surface area contributed by atoms with Gasteiger partial charge in [0.15, 0.2) is 31.3 Å². The molecule has 0 radical (unpaired) electrons. The van der Waals surface area contributed by atoms with Crippen molar-refractivity contribution in [2.24, 2.45) is 0 Å². The molecule has 380 valence electrons. The average molecular weight is 1020 g/mol. The first-order valence-corrected chi connectivity index (χ1v) is 27.7. The lowest BCUT2D eigenvalue weighted by atomic mass is 10.1. The monoisotopic (exact) mass is 1010 g/mol. The largest absolute Gasteiger partial charge is 0.380 e. The number of carbonyl (C=O) groups excluding carboxylic acids is 2. The first-order chi connectivity index (χ1) is 34.2. The van der Waals surface area contributed by atoms with Crippen LogP contribution in [0.2, 0.25) is 0 Å². The van der Waals surface area contributed by atoms with E-state index in [1.165, 1.54) is 17.1 Å². The summed E-state index contributed by atoms with van der Waals surface area (Å²) in [5.74, 6) is 1.95. The van der Waals surface area contributed by atoms with Crippen molar-refractivity contribution in [2.45, 2.75) is 91.4 Å². The second-order valence-corrected chi connectivity index (χ2v) is 24.4. The fraction of sp³-hybridized carbons (Fsp3) is 0.551. The van der Waals surface area contributed by atoms with Gasteiger partial charge in [0.05, 0.1) is 79.3 Å². The first kappa shape index (κ1) is 49.1. The Morgan fingerprint density at radius 1 is 0.648 bits per heavy atom. The molecule has 20 nitrogen and oxygen atoms in total. The second kappa shape index (κ2) is 19.5. The third kappa shape index (κ3) is 9.08. The Labute approximate surface area is 414 Å². The molecule has 0 spiro atoms. The maximum Gasteiger partial charge on any atom is 0.341 e. The Bertz CT molecular complexity index is 2860. The molecular weight excluding hydrogens is 953 g/mol. The molecule has 4 atom stereocenters. The van der Waals surface area contributed by atoms with E-state index < -0.39 is 51.7 Å². The molecule has 4 saturated heterocycles. The Morgan fingerprint density at radius 2 is 1.10 bits per heavy atom. The van der Waals surface area contributed by atoms with E-state index in [0.717, 1.165) is 0 Å². The normalized spacial score (nSPS) is 23.8. The number of nitrogens with one attached hydrogen (secondary N) is 2. The molecule has 2 N–H and O–H groups in total. The van der Waals surface area contributed by atoms with E-state index in [1.54, 1.807) is 55.5 Å². The molecular formula is C49H62N10O10S2. The highest BCUT2D eigenvalue weighted by Crippen LogP contribution is 2.56. The number of ether oxygens (including phenoxy) is 4. The molecule has 22 heteroatoms. The zero-order valence-electron chi connectivity index (χ0n) is 40.6. The molecule has 4 amide bonds. The summed E-state index contributed by atoms with van der Waals surface area (Å²) in [4.78, 5) is 51.9. The van der Waals surface area contributed by atoms with E-state index in [-0.39, 0.29) is 31.8 Å². The van der Waals surface area contributed by atoms with Crippen LogP contribution in [0, 0.1) is 0 Å². The van der Waals surface area contributed by atoms with Crippen LogP contribution in [0.4, 0.5) is 32.6 Å². The summed E-state index contributed by atoms with van der Waals surface area (Å²) >= 11 is 0. The number of nitrogens with zero attached hydrogens (tertiary/aromatic N) is 8. The Morgan fingerprint density at radius 3 is 1.49 bits per heavy atom. The van der Waals surface area contributed by atoms with Crippen LogP contribution in [-0.4, -0.2) is 156 Å². The number of aromatic nitrogens is 4. The van der Waals surface area contributed by atoms with Crippen molar-refractivity contribution in [1.29, 1.82) is 0 Å². The molecule has 6 heterocycles. The maximum atomic E-state index is 14.2. The van der Waals surface area contributed by atoms with Crippen molar-refractivity contribution in [3.05, 3.63) is 72.1 Å². The second-order valence-electron chi connectivity index (χ2n) is 19.3. The van der Waals surface area contributed by atoms with Crippen molar-refractivity contribution in [2.75, 3.05) is 99.7 Å². The molecule has 10 rings (SSSR count). The van der Waals surface area contributed by atoms with Gasteiger partial charge in [0.25, 0.3) is 0 Å². The molecule has 2 unspecified atom stereocenters. The number of morpholine rings is 2. The third-order valence-electron chi connectivity index (χ3n) is 14.8. The smallest absolute Gasteiger partial charge is 0.341 e.